The maximum Gasteiger partial charge on any atom is 0.233 e. The van der Waals surface area contributed by atoms with E-state index in [4.69, 9.17) is 16.6 Å². The molecule has 0 bridgehead atoms. The Morgan fingerprint density at radius 3 is 2.46 bits per heavy atom. The molecule has 1 amide bonds. The van der Waals surface area contributed by atoms with Crippen LogP contribution < -0.4 is 4.90 Å². The molecule has 0 aliphatic rings. The van der Waals surface area contributed by atoms with Crippen molar-refractivity contribution in [2.45, 2.75) is 26.7 Å². The number of hydrogen-bond acceptors (Lipinski definition) is 4. The van der Waals surface area contributed by atoms with Gasteiger partial charge in [-0.15, -0.1) is 0 Å². The first-order valence-electron chi connectivity index (χ1n) is 9.42. The number of anilines is 1. The van der Waals surface area contributed by atoms with Crippen LogP contribution in [0.3, 0.4) is 0 Å². The monoisotopic (exact) mass is 415 g/mol. The van der Waals surface area contributed by atoms with Crippen molar-refractivity contribution in [3.05, 3.63) is 58.1 Å². The van der Waals surface area contributed by atoms with E-state index in [0.717, 1.165) is 39.4 Å². The van der Waals surface area contributed by atoms with Crippen LogP contribution in [0.1, 0.15) is 23.1 Å². The van der Waals surface area contributed by atoms with E-state index in [1.54, 1.807) is 11.3 Å². The summed E-state index contributed by atoms with van der Waals surface area (Å²) < 4.78 is 1.15. The molecule has 3 rings (SSSR count). The van der Waals surface area contributed by atoms with Crippen molar-refractivity contribution in [1.29, 1.82) is 0 Å². The molecule has 2 aromatic carbocycles. The first kappa shape index (κ1) is 20.8. The quantitative estimate of drug-likeness (QED) is 0.539. The largest absolute Gasteiger partial charge is 0.309 e. The average Bonchev–Trinajstić information content (AvgIpc) is 3.10. The number of benzene rings is 2. The molecule has 0 saturated heterocycles. The molecule has 0 saturated carbocycles. The second kappa shape index (κ2) is 9.03. The van der Waals surface area contributed by atoms with Crippen LogP contribution in [0.4, 0.5) is 5.13 Å². The number of hydrogen-bond donors (Lipinski definition) is 0. The number of aryl methyl sites for hydroxylation is 2. The summed E-state index contributed by atoms with van der Waals surface area (Å²) in [6, 6.07) is 11.7. The Bertz CT molecular complexity index is 944. The summed E-state index contributed by atoms with van der Waals surface area (Å²) >= 11 is 7.88. The van der Waals surface area contributed by atoms with Crippen LogP contribution in [0.15, 0.2) is 36.4 Å². The van der Waals surface area contributed by atoms with Crippen LogP contribution in [0, 0.1) is 13.8 Å². The molecule has 0 spiro atoms. The van der Waals surface area contributed by atoms with Gasteiger partial charge in [-0.05, 0) is 63.7 Å². The Hall–Kier alpha value is -1.95. The SMILES string of the molecule is Cc1ccc(C)c2sc(N(CCCN(C)C)C(=O)Cc3ccccc3Cl)nc12. The number of amides is 1. The highest BCUT2D eigenvalue weighted by Gasteiger charge is 2.21. The smallest absolute Gasteiger partial charge is 0.233 e. The number of fused-ring (bicyclic) bond motifs is 1. The molecular formula is C22H26ClN3OS. The number of rotatable bonds is 7. The lowest BCUT2D eigenvalue weighted by molar-refractivity contribution is -0.118. The molecule has 0 N–H and O–H groups in total. The van der Waals surface area contributed by atoms with Gasteiger partial charge >= 0.3 is 0 Å². The normalized spacial score (nSPS) is 11.4. The van der Waals surface area contributed by atoms with Crippen LogP contribution in [0.5, 0.6) is 0 Å². The topological polar surface area (TPSA) is 36.4 Å². The second-order valence-corrected chi connectivity index (χ2v) is 8.73. The fourth-order valence-corrected chi connectivity index (χ4v) is 4.49. The summed E-state index contributed by atoms with van der Waals surface area (Å²) in [5.41, 5.74) is 4.16. The number of thiazole rings is 1. The van der Waals surface area contributed by atoms with Gasteiger partial charge in [0.1, 0.15) is 0 Å². The number of halogens is 1. The maximum atomic E-state index is 13.2. The standard InChI is InChI=1S/C22H26ClN3OS/c1-15-10-11-16(2)21-20(15)24-22(28-21)26(13-7-12-25(3)4)19(27)14-17-8-5-6-9-18(17)23/h5-6,8-11H,7,12-14H2,1-4H3. The van der Waals surface area contributed by atoms with Gasteiger partial charge in [0.05, 0.1) is 16.6 Å². The molecule has 3 aromatic rings. The highest BCUT2D eigenvalue weighted by atomic mass is 35.5. The molecule has 0 atom stereocenters. The summed E-state index contributed by atoms with van der Waals surface area (Å²) in [7, 11) is 4.08. The molecule has 1 aromatic heterocycles. The third-order valence-electron chi connectivity index (χ3n) is 4.75. The highest BCUT2D eigenvalue weighted by Crippen LogP contribution is 2.33. The predicted octanol–water partition coefficient (Wildman–Crippen LogP) is 5.09. The van der Waals surface area contributed by atoms with E-state index < -0.39 is 0 Å². The zero-order valence-electron chi connectivity index (χ0n) is 16.8. The fraction of sp³-hybridized carbons (Fsp3) is 0.364. The molecule has 28 heavy (non-hydrogen) atoms. The van der Waals surface area contributed by atoms with Gasteiger partial charge in [-0.25, -0.2) is 4.98 Å². The van der Waals surface area contributed by atoms with E-state index in [9.17, 15) is 4.79 Å². The average molecular weight is 416 g/mol. The van der Waals surface area contributed by atoms with E-state index in [-0.39, 0.29) is 12.3 Å². The fourth-order valence-electron chi connectivity index (χ4n) is 3.14. The Balaban J connectivity index is 1.92. The van der Waals surface area contributed by atoms with Crippen LogP contribution >= 0.6 is 22.9 Å². The minimum Gasteiger partial charge on any atom is -0.309 e. The zero-order valence-corrected chi connectivity index (χ0v) is 18.4. The van der Waals surface area contributed by atoms with Crippen molar-refractivity contribution in [2.24, 2.45) is 0 Å². The van der Waals surface area contributed by atoms with Gasteiger partial charge in [-0.2, -0.15) is 0 Å². The minimum absolute atomic E-state index is 0.0289. The lowest BCUT2D eigenvalue weighted by Gasteiger charge is -2.21. The van der Waals surface area contributed by atoms with Crippen molar-refractivity contribution >= 4 is 44.2 Å². The van der Waals surface area contributed by atoms with E-state index in [0.29, 0.717) is 11.6 Å². The van der Waals surface area contributed by atoms with Gasteiger partial charge < -0.3 is 4.90 Å². The lowest BCUT2D eigenvalue weighted by atomic mass is 10.1. The van der Waals surface area contributed by atoms with E-state index in [1.165, 1.54) is 5.56 Å². The summed E-state index contributed by atoms with van der Waals surface area (Å²) in [6.07, 6.45) is 1.16. The molecule has 0 aliphatic heterocycles. The Kier molecular flexibility index (Phi) is 6.70. The molecule has 0 fully saturated rings. The highest BCUT2D eigenvalue weighted by molar-refractivity contribution is 7.22. The van der Waals surface area contributed by atoms with Gasteiger partial charge in [-0.3, -0.25) is 9.69 Å². The van der Waals surface area contributed by atoms with Crippen molar-refractivity contribution in [3.8, 4) is 0 Å². The van der Waals surface area contributed by atoms with Gasteiger partial charge in [-0.1, -0.05) is 53.3 Å². The minimum atomic E-state index is 0.0289. The first-order chi connectivity index (χ1) is 13.4. The molecule has 148 valence electrons. The summed E-state index contributed by atoms with van der Waals surface area (Å²) in [5, 5.41) is 1.39. The van der Waals surface area contributed by atoms with Crippen LogP contribution in [0.2, 0.25) is 5.02 Å². The summed E-state index contributed by atoms with van der Waals surface area (Å²) in [4.78, 5) is 22.0. The molecule has 4 nitrogen and oxygen atoms in total. The Labute approximate surface area is 175 Å². The number of nitrogens with zero attached hydrogens (tertiary/aromatic N) is 3. The molecule has 0 aliphatic carbocycles. The van der Waals surface area contributed by atoms with Crippen molar-refractivity contribution in [3.63, 3.8) is 0 Å². The van der Waals surface area contributed by atoms with Crippen molar-refractivity contribution in [2.75, 3.05) is 32.1 Å². The summed E-state index contributed by atoms with van der Waals surface area (Å²) in [5.74, 6) is 0.0289. The van der Waals surface area contributed by atoms with Gasteiger partial charge in [0.2, 0.25) is 5.91 Å². The lowest BCUT2D eigenvalue weighted by Crippen LogP contribution is -2.34. The molecule has 0 unspecified atom stereocenters. The Morgan fingerprint density at radius 1 is 1.07 bits per heavy atom. The van der Waals surface area contributed by atoms with Crippen molar-refractivity contribution in [1.82, 2.24) is 9.88 Å². The third-order valence-corrected chi connectivity index (χ3v) is 6.33. The van der Waals surface area contributed by atoms with E-state index in [1.807, 2.05) is 43.3 Å². The maximum absolute atomic E-state index is 13.2. The van der Waals surface area contributed by atoms with Crippen LogP contribution in [-0.2, 0) is 11.2 Å². The number of carbonyl (C=O) groups excluding carboxylic acids is 1. The van der Waals surface area contributed by atoms with Crippen LogP contribution in [-0.4, -0.2) is 43.0 Å². The van der Waals surface area contributed by atoms with Crippen LogP contribution in [0.25, 0.3) is 10.2 Å². The Morgan fingerprint density at radius 2 is 1.79 bits per heavy atom. The zero-order chi connectivity index (χ0) is 20.3. The molecule has 0 radical (unpaired) electrons. The predicted molar refractivity (Wildman–Crippen MR) is 120 cm³/mol. The number of aromatic nitrogens is 1. The summed E-state index contributed by atoms with van der Waals surface area (Å²) in [6.45, 7) is 5.71. The van der Waals surface area contributed by atoms with Gasteiger partial charge in [0.25, 0.3) is 0 Å². The van der Waals surface area contributed by atoms with E-state index >= 15 is 0 Å². The number of carbonyl (C=O) groups is 1. The van der Waals surface area contributed by atoms with E-state index in [2.05, 4.69) is 30.9 Å². The molecule has 6 heteroatoms. The third kappa shape index (κ3) is 4.72. The molecular weight excluding hydrogens is 390 g/mol. The molecule has 1 heterocycles. The first-order valence-corrected chi connectivity index (χ1v) is 10.6. The van der Waals surface area contributed by atoms with Gasteiger partial charge in [0.15, 0.2) is 5.13 Å². The van der Waals surface area contributed by atoms with Crippen molar-refractivity contribution < 1.29 is 4.79 Å². The van der Waals surface area contributed by atoms with Gasteiger partial charge in [0, 0.05) is 11.6 Å². The second-order valence-electron chi connectivity index (χ2n) is 7.34.